The monoisotopic (exact) mass is 250 g/mol. The Morgan fingerprint density at radius 1 is 1.12 bits per heavy atom. The van der Waals surface area contributed by atoms with Gasteiger partial charge in [0, 0.05) is 30.2 Å². The zero-order chi connectivity index (χ0) is 11.9. The number of para-hydroxylation sites is 1. The SMILES string of the molecule is O=S1(=O)CCN(c2c[nH]c3ccccc23)CC1. The number of rotatable bonds is 1. The Labute approximate surface area is 100 Å². The number of anilines is 1. The number of nitrogens with one attached hydrogen (secondary N) is 1. The molecule has 0 atom stereocenters. The lowest BCUT2D eigenvalue weighted by atomic mass is 10.2. The molecule has 0 saturated carbocycles. The van der Waals surface area contributed by atoms with Crippen molar-refractivity contribution in [3.8, 4) is 0 Å². The van der Waals surface area contributed by atoms with Crippen molar-refractivity contribution in [3.05, 3.63) is 30.5 Å². The number of hydrogen-bond acceptors (Lipinski definition) is 3. The van der Waals surface area contributed by atoms with Crippen LogP contribution in [-0.4, -0.2) is 38.0 Å². The smallest absolute Gasteiger partial charge is 0.153 e. The highest BCUT2D eigenvalue weighted by molar-refractivity contribution is 7.91. The maximum Gasteiger partial charge on any atom is 0.153 e. The van der Waals surface area contributed by atoms with Gasteiger partial charge in [0.25, 0.3) is 0 Å². The van der Waals surface area contributed by atoms with Crippen LogP contribution in [0.1, 0.15) is 0 Å². The Morgan fingerprint density at radius 2 is 1.82 bits per heavy atom. The van der Waals surface area contributed by atoms with E-state index >= 15 is 0 Å². The second-order valence-electron chi connectivity index (χ2n) is 4.36. The molecule has 0 bridgehead atoms. The van der Waals surface area contributed by atoms with Gasteiger partial charge in [0.1, 0.15) is 0 Å². The molecule has 1 N–H and O–H groups in total. The number of nitrogens with zero attached hydrogens (tertiary/aromatic N) is 1. The summed E-state index contributed by atoms with van der Waals surface area (Å²) in [5.41, 5.74) is 2.20. The molecule has 2 aromatic rings. The second-order valence-corrected chi connectivity index (χ2v) is 6.66. The lowest BCUT2D eigenvalue weighted by Crippen LogP contribution is -2.40. The Bertz CT molecular complexity index is 631. The molecule has 1 aliphatic heterocycles. The number of aromatic nitrogens is 1. The molecule has 3 rings (SSSR count). The van der Waals surface area contributed by atoms with Crippen molar-refractivity contribution in [2.24, 2.45) is 0 Å². The van der Waals surface area contributed by atoms with Crippen LogP contribution >= 0.6 is 0 Å². The van der Waals surface area contributed by atoms with Gasteiger partial charge in [-0.2, -0.15) is 0 Å². The zero-order valence-electron chi connectivity index (χ0n) is 9.39. The first-order chi connectivity index (χ1) is 8.16. The van der Waals surface area contributed by atoms with Gasteiger partial charge in [0.15, 0.2) is 9.84 Å². The van der Waals surface area contributed by atoms with Crippen molar-refractivity contribution < 1.29 is 8.42 Å². The molecule has 1 saturated heterocycles. The highest BCUT2D eigenvalue weighted by Crippen LogP contribution is 2.27. The van der Waals surface area contributed by atoms with Gasteiger partial charge in [-0.1, -0.05) is 18.2 Å². The average molecular weight is 250 g/mol. The van der Waals surface area contributed by atoms with Crippen LogP contribution < -0.4 is 4.90 Å². The molecule has 0 aliphatic carbocycles. The zero-order valence-corrected chi connectivity index (χ0v) is 10.2. The number of benzene rings is 1. The van der Waals surface area contributed by atoms with Crippen molar-refractivity contribution >= 4 is 26.4 Å². The summed E-state index contributed by atoms with van der Waals surface area (Å²) in [6, 6.07) is 8.08. The van der Waals surface area contributed by atoms with E-state index in [2.05, 4.69) is 16.0 Å². The third kappa shape index (κ3) is 1.91. The highest BCUT2D eigenvalue weighted by Gasteiger charge is 2.23. The largest absolute Gasteiger partial charge is 0.368 e. The first kappa shape index (κ1) is 10.7. The molecule has 1 aliphatic rings. The molecule has 17 heavy (non-hydrogen) atoms. The van der Waals surface area contributed by atoms with Gasteiger partial charge in [-0.05, 0) is 6.07 Å². The molecule has 5 heteroatoms. The Hall–Kier alpha value is -1.49. The number of hydrogen-bond donors (Lipinski definition) is 1. The molecule has 1 aromatic carbocycles. The first-order valence-corrected chi connectivity index (χ1v) is 7.49. The van der Waals surface area contributed by atoms with Crippen LogP contribution in [-0.2, 0) is 9.84 Å². The third-order valence-electron chi connectivity index (χ3n) is 3.25. The van der Waals surface area contributed by atoms with E-state index < -0.39 is 9.84 Å². The van der Waals surface area contributed by atoms with E-state index in [1.807, 2.05) is 24.4 Å². The normalized spacial score (nSPS) is 19.6. The molecule has 0 spiro atoms. The van der Waals surface area contributed by atoms with Gasteiger partial charge in [-0.25, -0.2) is 8.42 Å². The summed E-state index contributed by atoms with van der Waals surface area (Å²) in [5.74, 6) is 0.513. The number of H-pyrrole nitrogens is 1. The lowest BCUT2D eigenvalue weighted by Gasteiger charge is -2.28. The molecular weight excluding hydrogens is 236 g/mol. The predicted octanol–water partition coefficient (Wildman–Crippen LogP) is 1.40. The minimum atomic E-state index is -2.81. The quantitative estimate of drug-likeness (QED) is 0.832. The Balaban J connectivity index is 1.95. The van der Waals surface area contributed by atoms with E-state index in [1.54, 1.807) is 0 Å². The van der Waals surface area contributed by atoms with E-state index in [-0.39, 0.29) is 11.5 Å². The molecule has 90 valence electrons. The Kier molecular flexibility index (Phi) is 2.36. The van der Waals surface area contributed by atoms with Gasteiger partial charge in [0.05, 0.1) is 17.2 Å². The fourth-order valence-electron chi connectivity index (χ4n) is 2.27. The van der Waals surface area contributed by atoms with Crippen LogP contribution in [0.3, 0.4) is 0 Å². The molecule has 0 radical (unpaired) electrons. The topological polar surface area (TPSA) is 53.2 Å². The van der Waals surface area contributed by atoms with Gasteiger partial charge < -0.3 is 9.88 Å². The summed E-state index contributed by atoms with van der Waals surface area (Å²) in [7, 11) is -2.81. The fourth-order valence-corrected chi connectivity index (χ4v) is 3.47. The molecule has 0 unspecified atom stereocenters. The molecule has 0 amide bonds. The van der Waals surface area contributed by atoms with Crippen LogP contribution in [0, 0.1) is 0 Å². The number of aromatic amines is 1. The lowest BCUT2D eigenvalue weighted by molar-refractivity contribution is 0.587. The molecule has 1 aromatic heterocycles. The van der Waals surface area contributed by atoms with Gasteiger partial charge in [0.2, 0.25) is 0 Å². The summed E-state index contributed by atoms with van der Waals surface area (Å²) in [5, 5.41) is 1.16. The Morgan fingerprint density at radius 3 is 2.59 bits per heavy atom. The van der Waals surface area contributed by atoms with E-state index in [0.29, 0.717) is 13.1 Å². The first-order valence-electron chi connectivity index (χ1n) is 5.67. The molecule has 2 heterocycles. The summed E-state index contributed by atoms with van der Waals surface area (Å²) in [6.45, 7) is 1.17. The molecule has 4 nitrogen and oxygen atoms in total. The van der Waals surface area contributed by atoms with Crippen LogP contribution in [0.15, 0.2) is 30.5 Å². The van der Waals surface area contributed by atoms with Crippen molar-refractivity contribution in [2.75, 3.05) is 29.5 Å². The minimum Gasteiger partial charge on any atom is -0.368 e. The maximum absolute atomic E-state index is 11.4. The number of fused-ring (bicyclic) bond motifs is 1. The van der Waals surface area contributed by atoms with E-state index in [4.69, 9.17) is 0 Å². The van der Waals surface area contributed by atoms with Crippen molar-refractivity contribution in [1.29, 1.82) is 0 Å². The number of sulfone groups is 1. The summed E-state index contributed by atoms with van der Waals surface area (Å²) >= 11 is 0. The second kappa shape index (κ2) is 3.77. The summed E-state index contributed by atoms with van der Waals surface area (Å²) < 4.78 is 22.8. The summed E-state index contributed by atoms with van der Waals surface area (Å²) in [4.78, 5) is 5.35. The maximum atomic E-state index is 11.4. The van der Waals surface area contributed by atoms with Crippen molar-refractivity contribution in [3.63, 3.8) is 0 Å². The van der Waals surface area contributed by atoms with Gasteiger partial charge in [-0.3, -0.25) is 0 Å². The van der Waals surface area contributed by atoms with E-state index in [1.165, 1.54) is 0 Å². The van der Waals surface area contributed by atoms with Crippen LogP contribution in [0.4, 0.5) is 5.69 Å². The standard InChI is InChI=1S/C12H14N2O2S/c15-17(16)7-5-14(6-8-17)12-9-13-11-4-2-1-3-10(11)12/h1-4,9,13H,5-8H2. The van der Waals surface area contributed by atoms with Crippen molar-refractivity contribution in [1.82, 2.24) is 4.98 Å². The minimum absolute atomic E-state index is 0.256. The van der Waals surface area contributed by atoms with Gasteiger partial charge >= 0.3 is 0 Å². The third-order valence-corrected chi connectivity index (χ3v) is 4.86. The average Bonchev–Trinajstić information content (AvgIpc) is 2.73. The fraction of sp³-hybridized carbons (Fsp3) is 0.333. The molecule has 1 fully saturated rings. The van der Waals surface area contributed by atoms with E-state index in [0.717, 1.165) is 16.6 Å². The summed E-state index contributed by atoms with van der Waals surface area (Å²) in [6.07, 6.45) is 1.96. The highest BCUT2D eigenvalue weighted by atomic mass is 32.2. The van der Waals surface area contributed by atoms with Crippen LogP contribution in [0.5, 0.6) is 0 Å². The predicted molar refractivity (Wildman–Crippen MR) is 69.2 cm³/mol. The molecular formula is C12H14N2O2S. The van der Waals surface area contributed by atoms with Gasteiger partial charge in [-0.15, -0.1) is 0 Å². The van der Waals surface area contributed by atoms with Crippen molar-refractivity contribution in [2.45, 2.75) is 0 Å². The van der Waals surface area contributed by atoms with Crippen LogP contribution in [0.25, 0.3) is 10.9 Å². The van der Waals surface area contributed by atoms with Crippen LogP contribution in [0.2, 0.25) is 0 Å². The van der Waals surface area contributed by atoms with E-state index in [9.17, 15) is 8.42 Å².